The van der Waals surface area contributed by atoms with Crippen LogP contribution in [0.1, 0.15) is 35.7 Å². The SMILES string of the molecule is Cc1cc(NC(=O)c2ccc3c(c2)NC(=O)[C@@H](C)S3)ccc1N1CCCC1. The summed E-state index contributed by atoms with van der Waals surface area (Å²) in [6.07, 6.45) is 2.48. The fraction of sp³-hybridized carbons (Fsp3) is 0.333. The van der Waals surface area contributed by atoms with E-state index in [1.807, 2.05) is 25.1 Å². The smallest absolute Gasteiger partial charge is 0.255 e. The molecule has 0 bridgehead atoms. The summed E-state index contributed by atoms with van der Waals surface area (Å²) < 4.78 is 0. The van der Waals surface area contributed by atoms with Crippen LogP contribution in [-0.4, -0.2) is 30.2 Å². The number of nitrogens with one attached hydrogen (secondary N) is 2. The van der Waals surface area contributed by atoms with Gasteiger partial charge in [0, 0.05) is 34.9 Å². The van der Waals surface area contributed by atoms with E-state index in [9.17, 15) is 9.59 Å². The van der Waals surface area contributed by atoms with Crippen LogP contribution in [0.15, 0.2) is 41.3 Å². The lowest BCUT2D eigenvalue weighted by Crippen LogP contribution is -2.26. The molecule has 2 heterocycles. The fourth-order valence-corrected chi connectivity index (χ4v) is 4.53. The summed E-state index contributed by atoms with van der Waals surface area (Å²) in [6, 6.07) is 11.5. The van der Waals surface area contributed by atoms with Gasteiger partial charge in [-0.25, -0.2) is 0 Å². The molecule has 6 heteroatoms. The minimum atomic E-state index is -0.177. The first-order chi connectivity index (χ1) is 13.0. The monoisotopic (exact) mass is 381 g/mol. The maximum atomic E-state index is 12.7. The minimum absolute atomic E-state index is 0.0295. The van der Waals surface area contributed by atoms with E-state index in [1.54, 1.807) is 12.1 Å². The van der Waals surface area contributed by atoms with Crippen molar-refractivity contribution in [2.45, 2.75) is 36.8 Å². The van der Waals surface area contributed by atoms with Crippen molar-refractivity contribution in [3.8, 4) is 0 Å². The van der Waals surface area contributed by atoms with Crippen LogP contribution in [0.3, 0.4) is 0 Å². The van der Waals surface area contributed by atoms with E-state index in [4.69, 9.17) is 0 Å². The van der Waals surface area contributed by atoms with E-state index in [0.717, 1.165) is 29.2 Å². The lowest BCUT2D eigenvalue weighted by Gasteiger charge is -2.22. The number of hydrogen-bond donors (Lipinski definition) is 2. The van der Waals surface area contributed by atoms with E-state index in [-0.39, 0.29) is 17.1 Å². The van der Waals surface area contributed by atoms with E-state index in [1.165, 1.54) is 30.3 Å². The molecule has 1 saturated heterocycles. The van der Waals surface area contributed by atoms with Gasteiger partial charge in [0.1, 0.15) is 0 Å². The number of nitrogens with zero attached hydrogens (tertiary/aromatic N) is 1. The second kappa shape index (κ2) is 7.27. The van der Waals surface area contributed by atoms with E-state index >= 15 is 0 Å². The Balaban J connectivity index is 1.50. The molecule has 0 spiro atoms. The molecule has 0 unspecified atom stereocenters. The number of anilines is 3. The lowest BCUT2D eigenvalue weighted by molar-refractivity contribution is -0.115. The largest absolute Gasteiger partial charge is 0.371 e. The number of rotatable bonds is 3. The van der Waals surface area contributed by atoms with Crippen LogP contribution in [-0.2, 0) is 4.79 Å². The van der Waals surface area contributed by atoms with Gasteiger partial charge in [0.25, 0.3) is 5.91 Å². The molecule has 2 amide bonds. The van der Waals surface area contributed by atoms with Gasteiger partial charge in [-0.15, -0.1) is 11.8 Å². The van der Waals surface area contributed by atoms with Crippen molar-refractivity contribution in [1.82, 2.24) is 0 Å². The Kier molecular flexibility index (Phi) is 4.83. The summed E-state index contributed by atoms with van der Waals surface area (Å²) in [7, 11) is 0. The summed E-state index contributed by atoms with van der Waals surface area (Å²) in [5, 5.41) is 5.72. The number of aryl methyl sites for hydroxylation is 1. The van der Waals surface area contributed by atoms with E-state index < -0.39 is 0 Å². The van der Waals surface area contributed by atoms with Crippen molar-refractivity contribution in [3.05, 3.63) is 47.5 Å². The highest BCUT2D eigenvalue weighted by Crippen LogP contribution is 2.36. The molecule has 5 nitrogen and oxygen atoms in total. The molecule has 2 aromatic carbocycles. The zero-order chi connectivity index (χ0) is 19.0. The Morgan fingerprint density at radius 3 is 2.70 bits per heavy atom. The van der Waals surface area contributed by atoms with Gasteiger partial charge in [0.2, 0.25) is 5.91 Å². The molecule has 2 aliphatic heterocycles. The standard InChI is InChI=1S/C21H23N3O2S/c1-13-11-16(6-7-18(13)24-9-3-4-10-24)22-21(26)15-5-8-19-17(12-15)23-20(25)14(2)27-19/h5-8,11-12,14H,3-4,9-10H2,1-2H3,(H,22,26)(H,23,25)/t14-/m1/s1. The summed E-state index contributed by atoms with van der Waals surface area (Å²) in [5.74, 6) is -0.206. The van der Waals surface area contributed by atoms with Crippen LogP contribution in [0.4, 0.5) is 17.1 Å². The maximum Gasteiger partial charge on any atom is 0.255 e. The number of benzene rings is 2. The van der Waals surface area contributed by atoms with Crippen LogP contribution in [0.25, 0.3) is 0 Å². The average Bonchev–Trinajstić information content (AvgIpc) is 3.17. The minimum Gasteiger partial charge on any atom is -0.371 e. The topological polar surface area (TPSA) is 61.4 Å². The summed E-state index contributed by atoms with van der Waals surface area (Å²) >= 11 is 1.51. The van der Waals surface area contributed by atoms with E-state index in [0.29, 0.717) is 11.3 Å². The third kappa shape index (κ3) is 3.67. The highest BCUT2D eigenvalue weighted by molar-refractivity contribution is 8.00. The molecule has 1 fully saturated rings. The highest BCUT2D eigenvalue weighted by atomic mass is 32.2. The van der Waals surface area contributed by atoms with Gasteiger partial charge in [-0.1, -0.05) is 0 Å². The van der Waals surface area contributed by atoms with Gasteiger partial charge in [0.05, 0.1) is 10.9 Å². The normalized spacial score (nSPS) is 18.8. The molecule has 0 aliphatic carbocycles. The van der Waals surface area contributed by atoms with Crippen LogP contribution in [0.2, 0.25) is 0 Å². The Labute approximate surface area is 163 Å². The Morgan fingerprint density at radius 1 is 1.19 bits per heavy atom. The zero-order valence-electron chi connectivity index (χ0n) is 15.5. The Morgan fingerprint density at radius 2 is 1.96 bits per heavy atom. The van der Waals surface area contributed by atoms with Crippen molar-refractivity contribution < 1.29 is 9.59 Å². The number of hydrogen-bond acceptors (Lipinski definition) is 4. The third-order valence-electron chi connectivity index (χ3n) is 5.07. The third-order valence-corrected chi connectivity index (χ3v) is 6.25. The fourth-order valence-electron chi connectivity index (χ4n) is 3.60. The van der Waals surface area contributed by atoms with Gasteiger partial charge in [-0.2, -0.15) is 0 Å². The van der Waals surface area contributed by atoms with Gasteiger partial charge >= 0.3 is 0 Å². The van der Waals surface area contributed by atoms with Crippen molar-refractivity contribution in [1.29, 1.82) is 0 Å². The summed E-state index contributed by atoms with van der Waals surface area (Å²) in [6.45, 7) is 6.15. The van der Waals surface area contributed by atoms with Crippen molar-refractivity contribution in [2.24, 2.45) is 0 Å². The van der Waals surface area contributed by atoms with Gasteiger partial charge in [-0.3, -0.25) is 9.59 Å². The average molecular weight is 382 g/mol. The number of carbonyl (C=O) groups is 2. The van der Waals surface area contributed by atoms with Crippen LogP contribution < -0.4 is 15.5 Å². The molecule has 2 aromatic rings. The zero-order valence-corrected chi connectivity index (χ0v) is 16.4. The second-order valence-electron chi connectivity index (χ2n) is 7.11. The Bertz CT molecular complexity index is 906. The first-order valence-corrected chi connectivity index (χ1v) is 10.2. The molecule has 4 rings (SSSR count). The maximum absolute atomic E-state index is 12.7. The summed E-state index contributed by atoms with van der Waals surface area (Å²) in [5.41, 5.74) is 4.43. The van der Waals surface area contributed by atoms with Gasteiger partial charge in [0.15, 0.2) is 0 Å². The molecule has 2 N–H and O–H groups in total. The highest BCUT2D eigenvalue weighted by Gasteiger charge is 2.24. The van der Waals surface area contributed by atoms with Crippen LogP contribution in [0, 0.1) is 6.92 Å². The van der Waals surface area contributed by atoms with Crippen LogP contribution in [0.5, 0.6) is 0 Å². The molecule has 2 aliphatic rings. The quantitative estimate of drug-likeness (QED) is 0.833. The van der Waals surface area contributed by atoms with Gasteiger partial charge < -0.3 is 15.5 Å². The van der Waals surface area contributed by atoms with E-state index in [2.05, 4.69) is 28.5 Å². The first kappa shape index (κ1) is 17.9. The van der Waals surface area contributed by atoms with Crippen molar-refractivity contribution >= 4 is 40.6 Å². The van der Waals surface area contributed by atoms with Crippen molar-refractivity contribution in [3.63, 3.8) is 0 Å². The number of thioether (sulfide) groups is 1. The molecule has 0 radical (unpaired) electrons. The molecule has 27 heavy (non-hydrogen) atoms. The van der Waals surface area contributed by atoms with Crippen molar-refractivity contribution in [2.75, 3.05) is 28.6 Å². The second-order valence-corrected chi connectivity index (χ2v) is 8.49. The first-order valence-electron chi connectivity index (χ1n) is 9.30. The summed E-state index contributed by atoms with van der Waals surface area (Å²) in [4.78, 5) is 27.9. The Hall–Kier alpha value is -2.47. The lowest BCUT2D eigenvalue weighted by atomic mass is 10.1. The number of carbonyl (C=O) groups excluding carboxylic acids is 2. The molecular formula is C21H23N3O2S. The molecule has 140 valence electrons. The molecule has 0 saturated carbocycles. The predicted octanol–water partition coefficient (Wildman–Crippen LogP) is 4.28. The van der Waals surface area contributed by atoms with Crippen LogP contribution >= 0.6 is 11.8 Å². The predicted molar refractivity (Wildman–Crippen MR) is 111 cm³/mol. The number of fused-ring (bicyclic) bond motifs is 1. The van der Waals surface area contributed by atoms with Gasteiger partial charge in [-0.05, 0) is 68.7 Å². The molecule has 1 atom stereocenters. The molecule has 0 aromatic heterocycles. The number of amides is 2. The molecular weight excluding hydrogens is 358 g/mol.